The van der Waals surface area contributed by atoms with Crippen LogP contribution < -0.4 is 5.32 Å². The highest BCUT2D eigenvalue weighted by Gasteiger charge is 2.24. The van der Waals surface area contributed by atoms with E-state index < -0.39 is 0 Å². The van der Waals surface area contributed by atoms with Crippen LogP contribution in [0.25, 0.3) is 0 Å². The molecular formula is C12H13Br2FN4. The van der Waals surface area contributed by atoms with Crippen molar-refractivity contribution in [3.05, 3.63) is 44.3 Å². The maximum atomic E-state index is 14.3. The first-order chi connectivity index (χ1) is 9.06. The topological polar surface area (TPSA) is 42.7 Å². The standard InChI is InChI=1S/C12H13Br2FN4/c1-3-16-10(11-12(14)17-18-19(11)2)7-5-4-6-8(13)9(7)15/h4-6,10,16H,3H2,1-2H3. The van der Waals surface area contributed by atoms with Crippen LogP contribution in [-0.4, -0.2) is 21.5 Å². The molecule has 2 rings (SSSR count). The Morgan fingerprint density at radius 3 is 2.74 bits per heavy atom. The van der Waals surface area contributed by atoms with Gasteiger partial charge in [-0.1, -0.05) is 24.3 Å². The third-order valence-electron chi connectivity index (χ3n) is 2.80. The van der Waals surface area contributed by atoms with Crippen LogP contribution in [0.2, 0.25) is 0 Å². The molecule has 0 saturated carbocycles. The van der Waals surface area contributed by atoms with E-state index in [1.165, 1.54) is 0 Å². The van der Waals surface area contributed by atoms with Gasteiger partial charge in [0.05, 0.1) is 16.2 Å². The first-order valence-corrected chi connectivity index (χ1v) is 7.37. The van der Waals surface area contributed by atoms with Crippen LogP contribution in [0.1, 0.15) is 24.2 Å². The van der Waals surface area contributed by atoms with Gasteiger partial charge in [0.25, 0.3) is 0 Å². The predicted octanol–water partition coefficient (Wildman–Crippen LogP) is 3.18. The lowest BCUT2D eigenvalue weighted by Gasteiger charge is -2.19. The van der Waals surface area contributed by atoms with Crippen LogP contribution in [0.15, 0.2) is 27.3 Å². The van der Waals surface area contributed by atoms with E-state index in [0.29, 0.717) is 21.2 Å². The minimum Gasteiger partial charge on any atom is -0.305 e. The molecule has 0 amide bonds. The molecule has 1 atom stereocenters. The zero-order valence-electron chi connectivity index (χ0n) is 10.5. The highest BCUT2D eigenvalue weighted by atomic mass is 79.9. The zero-order valence-corrected chi connectivity index (χ0v) is 13.7. The molecule has 0 aliphatic heterocycles. The van der Waals surface area contributed by atoms with Crippen molar-refractivity contribution in [2.45, 2.75) is 13.0 Å². The molecule has 0 aliphatic rings. The minimum absolute atomic E-state index is 0.276. The second-order valence-electron chi connectivity index (χ2n) is 4.02. The Kier molecular flexibility index (Phi) is 4.70. The first kappa shape index (κ1) is 14.6. The largest absolute Gasteiger partial charge is 0.305 e. The van der Waals surface area contributed by atoms with Crippen LogP contribution in [-0.2, 0) is 7.05 Å². The number of aromatic nitrogens is 3. The van der Waals surface area contributed by atoms with Crippen molar-refractivity contribution >= 4 is 31.9 Å². The summed E-state index contributed by atoms with van der Waals surface area (Å²) in [6.07, 6.45) is 0. The summed E-state index contributed by atoms with van der Waals surface area (Å²) in [4.78, 5) is 0. The Balaban J connectivity index is 2.55. The third kappa shape index (κ3) is 2.88. The molecule has 1 aromatic carbocycles. The molecule has 0 radical (unpaired) electrons. The van der Waals surface area contributed by atoms with Crippen molar-refractivity contribution in [2.24, 2.45) is 7.05 Å². The Hall–Kier alpha value is -0.790. The molecule has 1 heterocycles. The van der Waals surface area contributed by atoms with Gasteiger partial charge in [-0.25, -0.2) is 9.07 Å². The summed E-state index contributed by atoms with van der Waals surface area (Å²) < 4.78 is 17.0. The van der Waals surface area contributed by atoms with Gasteiger partial charge in [-0.05, 0) is 44.5 Å². The molecule has 2 aromatic rings. The second kappa shape index (κ2) is 6.11. The number of aryl methyl sites for hydroxylation is 1. The van der Waals surface area contributed by atoms with Crippen molar-refractivity contribution in [3.63, 3.8) is 0 Å². The normalized spacial score (nSPS) is 12.7. The van der Waals surface area contributed by atoms with E-state index in [4.69, 9.17) is 0 Å². The molecule has 4 nitrogen and oxygen atoms in total. The number of nitrogens with one attached hydrogen (secondary N) is 1. The van der Waals surface area contributed by atoms with Gasteiger partial charge in [0.1, 0.15) is 5.82 Å². The van der Waals surface area contributed by atoms with E-state index in [1.807, 2.05) is 13.0 Å². The fourth-order valence-electron chi connectivity index (χ4n) is 1.95. The van der Waals surface area contributed by atoms with Crippen LogP contribution in [0, 0.1) is 5.82 Å². The molecular weight excluding hydrogens is 379 g/mol. The summed E-state index contributed by atoms with van der Waals surface area (Å²) in [6, 6.07) is 4.94. The smallest absolute Gasteiger partial charge is 0.153 e. The molecule has 0 saturated heterocycles. The third-order valence-corrected chi connectivity index (χ3v) is 3.98. The van der Waals surface area contributed by atoms with Gasteiger partial charge in [-0.3, -0.25) is 0 Å². The monoisotopic (exact) mass is 390 g/mol. The van der Waals surface area contributed by atoms with Crippen molar-refractivity contribution in [3.8, 4) is 0 Å². The second-order valence-corrected chi connectivity index (χ2v) is 5.63. The predicted molar refractivity (Wildman–Crippen MR) is 78.3 cm³/mol. The summed E-state index contributed by atoms with van der Waals surface area (Å²) in [7, 11) is 1.79. The maximum absolute atomic E-state index is 14.3. The molecule has 0 bridgehead atoms. The molecule has 1 unspecified atom stereocenters. The minimum atomic E-state index is -0.308. The lowest BCUT2D eigenvalue weighted by atomic mass is 10.0. The van der Waals surface area contributed by atoms with E-state index in [0.717, 1.165) is 5.69 Å². The van der Waals surface area contributed by atoms with Gasteiger partial charge in [-0.15, -0.1) is 5.10 Å². The van der Waals surface area contributed by atoms with Crippen molar-refractivity contribution in [1.29, 1.82) is 0 Å². The fraction of sp³-hybridized carbons (Fsp3) is 0.333. The van der Waals surface area contributed by atoms with Crippen molar-refractivity contribution in [1.82, 2.24) is 20.3 Å². The highest BCUT2D eigenvalue weighted by molar-refractivity contribution is 9.10. The fourth-order valence-corrected chi connectivity index (χ4v) is 2.88. The lowest BCUT2D eigenvalue weighted by Crippen LogP contribution is -2.25. The van der Waals surface area contributed by atoms with Gasteiger partial charge >= 0.3 is 0 Å². The summed E-state index contributed by atoms with van der Waals surface area (Å²) >= 11 is 6.57. The summed E-state index contributed by atoms with van der Waals surface area (Å²) in [5.74, 6) is -0.276. The van der Waals surface area contributed by atoms with Crippen molar-refractivity contribution in [2.75, 3.05) is 6.54 Å². The van der Waals surface area contributed by atoms with Crippen molar-refractivity contribution < 1.29 is 4.39 Å². The van der Waals surface area contributed by atoms with Crippen LogP contribution in [0.4, 0.5) is 4.39 Å². The summed E-state index contributed by atoms with van der Waals surface area (Å²) in [5.41, 5.74) is 1.35. The Morgan fingerprint density at radius 1 is 1.42 bits per heavy atom. The van der Waals surface area contributed by atoms with Crippen LogP contribution in [0.3, 0.4) is 0 Å². The van der Waals surface area contributed by atoms with E-state index in [-0.39, 0.29) is 11.9 Å². The lowest BCUT2D eigenvalue weighted by molar-refractivity contribution is 0.527. The number of hydrogen-bond donors (Lipinski definition) is 1. The van der Waals surface area contributed by atoms with Gasteiger partial charge in [0.2, 0.25) is 0 Å². The maximum Gasteiger partial charge on any atom is 0.153 e. The van der Waals surface area contributed by atoms with E-state index in [9.17, 15) is 4.39 Å². The first-order valence-electron chi connectivity index (χ1n) is 5.78. The van der Waals surface area contributed by atoms with E-state index in [1.54, 1.807) is 23.9 Å². The van der Waals surface area contributed by atoms with E-state index in [2.05, 4.69) is 47.5 Å². The molecule has 0 aliphatic carbocycles. The van der Waals surface area contributed by atoms with Gasteiger partial charge in [0, 0.05) is 12.6 Å². The summed E-state index contributed by atoms with van der Waals surface area (Å²) in [5, 5.41) is 11.2. The Labute approximate surface area is 127 Å². The molecule has 0 fully saturated rings. The number of rotatable bonds is 4. The van der Waals surface area contributed by atoms with Gasteiger partial charge in [0.15, 0.2) is 4.60 Å². The molecule has 1 aromatic heterocycles. The molecule has 19 heavy (non-hydrogen) atoms. The Bertz CT molecular complexity index is 566. The number of halogens is 3. The van der Waals surface area contributed by atoms with Crippen LogP contribution >= 0.6 is 31.9 Å². The quantitative estimate of drug-likeness (QED) is 0.870. The van der Waals surface area contributed by atoms with Gasteiger partial charge in [-0.2, -0.15) is 0 Å². The molecule has 102 valence electrons. The molecule has 7 heteroatoms. The SMILES string of the molecule is CCNC(c1cccc(Br)c1F)c1c(Br)nnn1C. The number of nitrogens with zero attached hydrogens (tertiary/aromatic N) is 3. The molecule has 1 N–H and O–H groups in total. The Morgan fingerprint density at radius 2 is 2.16 bits per heavy atom. The average Bonchev–Trinajstić information content (AvgIpc) is 2.70. The molecule has 0 spiro atoms. The average molecular weight is 392 g/mol. The van der Waals surface area contributed by atoms with E-state index >= 15 is 0 Å². The zero-order chi connectivity index (χ0) is 14.0. The van der Waals surface area contributed by atoms with Gasteiger partial charge < -0.3 is 5.32 Å². The van der Waals surface area contributed by atoms with Crippen LogP contribution in [0.5, 0.6) is 0 Å². The summed E-state index contributed by atoms with van der Waals surface area (Å²) in [6.45, 7) is 2.68. The number of hydrogen-bond acceptors (Lipinski definition) is 3. The highest BCUT2D eigenvalue weighted by Crippen LogP contribution is 2.30. The number of benzene rings is 1.